The van der Waals surface area contributed by atoms with Crippen LogP contribution in [0.4, 0.5) is 0 Å². The zero-order valence-electron chi connectivity index (χ0n) is 33.8. The van der Waals surface area contributed by atoms with E-state index in [2.05, 4.69) is 53.1 Å². The first-order valence-corrected chi connectivity index (χ1v) is 20.7. The van der Waals surface area contributed by atoms with Crippen LogP contribution in [0.1, 0.15) is 22.6 Å². The summed E-state index contributed by atoms with van der Waals surface area (Å²) in [7, 11) is 41.4. The van der Waals surface area contributed by atoms with Gasteiger partial charge in [-0.3, -0.25) is 0 Å². The van der Waals surface area contributed by atoms with Crippen molar-refractivity contribution in [3.8, 4) is 50.7 Å². The number of fused-ring (bicyclic) bond motifs is 10. The van der Waals surface area contributed by atoms with Gasteiger partial charge in [0.05, 0.1) is 28.0 Å². The zero-order valence-corrected chi connectivity index (χ0v) is 33.8. The lowest BCUT2D eigenvalue weighted by Crippen LogP contribution is -2.29. The fourth-order valence-electron chi connectivity index (χ4n) is 9.92. The summed E-state index contributed by atoms with van der Waals surface area (Å²) >= 11 is 0. The van der Waals surface area contributed by atoms with Gasteiger partial charge in [-0.1, -0.05) is 160 Å². The Labute approximate surface area is 371 Å². The average Bonchev–Trinajstić information content (AvgIpc) is 3.97. The highest BCUT2D eigenvalue weighted by atomic mass is 16.3. The van der Waals surface area contributed by atoms with Gasteiger partial charge in [0.15, 0.2) is 5.82 Å². The summed E-state index contributed by atoms with van der Waals surface area (Å²) in [5.74, 6) is 0.317. The number of rotatable bonds is 5. The Morgan fingerprint density at radius 3 is 1.89 bits per heavy atom. The molecule has 0 fully saturated rings. The maximum absolute atomic E-state index is 7.21. The molecular formula is C53H27B6N3O. The minimum absolute atomic E-state index is 0.318. The summed E-state index contributed by atoms with van der Waals surface area (Å²) < 4.78 is 8.99. The average molecular weight is 787 g/mol. The molecule has 278 valence electrons. The van der Waals surface area contributed by atoms with Crippen molar-refractivity contribution in [2.75, 3.05) is 0 Å². The molecule has 0 amide bonds. The molecule has 1 atom stereocenters. The SMILES string of the molecule is [B]c1cc([B])c2c(c1)-c1c([B])c([B])c3c4cc([B])cc([B])c4n(-c4cccc5oc6cc(-c7cc(-c8ccccc8)nc(-c8ccccc8)n7)ccc6c45)c3c1C2c1ccccc1. The Balaban J connectivity index is 1.15. The first-order valence-electron chi connectivity index (χ1n) is 20.7. The van der Waals surface area contributed by atoms with Crippen molar-refractivity contribution in [2.24, 2.45) is 0 Å². The van der Waals surface area contributed by atoms with Gasteiger partial charge < -0.3 is 8.98 Å². The van der Waals surface area contributed by atoms with Gasteiger partial charge in [0, 0.05) is 44.3 Å². The van der Waals surface area contributed by atoms with Gasteiger partial charge in [0.2, 0.25) is 0 Å². The lowest BCUT2D eigenvalue weighted by atomic mass is 9.72. The Kier molecular flexibility index (Phi) is 8.46. The van der Waals surface area contributed by atoms with Crippen LogP contribution in [-0.4, -0.2) is 61.6 Å². The molecule has 63 heavy (non-hydrogen) atoms. The quantitative estimate of drug-likeness (QED) is 0.190. The number of furan rings is 1. The van der Waals surface area contributed by atoms with Gasteiger partial charge >= 0.3 is 0 Å². The highest BCUT2D eigenvalue weighted by molar-refractivity contribution is 6.58. The zero-order chi connectivity index (χ0) is 42.7. The molecule has 0 spiro atoms. The monoisotopic (exact) mass is 787 g/mol. The lowest BCUT2D eigenvalue weighted by molar-refractivity contribution is 0.669. The van der Waals surface area contributed by atoms with Gasteiger partial charge in [0.1, 0.15) is 58.2 Å². The van der Waals surface area contributed by atoms with Crippen LogP contribution >= 0.6 is 0 Å². The molecule has 8 aromatic carbocycles. The van der Waals surface area contributed by atoms with Crippen LogP contribution < -0.4 is 32.8 Å². The van der Waals surface area contributed by atoms with Crippen LogP contribution in [-0.2, 0) is 0 Å². The smallest absolute Gasteiger partial charge is 0.160 e. The van der Waals surface area contributed by atoms with Crippen molar-refractivity contribution in [3.05, 3.63) is 174 Å². The third-order valence-electron chi connectivity index (χ3n) is 12.5. The van der Waals surface area contributed by atoms with Gasteiger partial charge in [-0.25, -0.2) is 9.97 Å². The number of aromatic nitrogens is 3. The van der Waals surface area contributed by atoms with Gasteiger partial charge in [-0.05, 0) is 58.1 Å². The first kappa shape index (κ1) is 37.6. The van der Waals surface area contributed by atoms with E-state index in [1.165, 1.54) is 0 Å². The Bertz CT molecular complexity index is 3640. The van der Waals surface area contributed by atoms with Gasteiger partial charge in [-0.15, -0.1) is 0 Å². The molecule has 0 saturated heterocycles. The summed E-state index contributed by atoms with van der Waals surface area (Å²) in [5.41, 5.74) is 15.7. The van der Waals surface area contributed by atoms with Crippen LogP contribution in [0, 0.1) is 0 Å². The minimum atomic E-state index is -0.318. The summed E-state index contributed by atoms with van der Waals surface area (Å²) in [6.07, 6.45) is 0. The summed E-state index contributed by atoms with van der Waals surface area (Å²) in [6.45, 7) is 0. The largest absolute Gasteiger partial charge is 0.456 e. The molecule has 1 aliphatic rings. The fourth-order valence-corrected chi connectivity index (χ4v) is 9.92. The van der Waals surface area contributed by atoms with Gasteiger partial charge in [0.25, 0.3) is 0 Å². The maximum Gasteiger partial charge on any atom is 0.160 e. The topological polar surface area (TPSA) is 43.9 Å². The first-order chi connectivity index (χ1) is 30.7. The van der Waals surface area contributed by atoms with Crippen molar-refractivity contribution in [3.63, 3.8) is 0 Å². The molecule has 0 aliphatic heterocycles. The van der Waals surface area contributed by atoms with Crippen LogP contribution in [0.15, 0.2) is 162 Å². The highest BCUT2D eigenvalue weighted by Crippen LogP contribution is 2.51. The van der Waals surface area contributed by atoms with Crippen molar-refractivity contribution >= 4 is 124 Å². The fraction of sp³-hybridized carbons (Fsp3) is 0.0189. The second kappa shape index (κ2) is 14.2. The minimum Gasteiger partial charge on any atom is -0.456 e. The molecule has 1 aliphatic carbocycles. The molecule has 4 nitrogen and oxygen atoms in total. The number of hydrogen-bond acceptors (Lipinski definition) is 3. The second-order valence-corrected chi connectivity index (χ2v) is 16.3. The van der Waals surface area contributed by atoms with E-state index in [0.29, 0.717) is 49.8 Å². The van der Waals surface area contributed by atoms with E-state index in [-0.39, 0.29) is 5.92 Å². The Morgan fingerprint density at radius 1 is 0.476 bits per heavy atom. The van der Waals surface area contributed by atoms with Crippen molar-refractivity contribution < 1.29 is 4.42 Å². The van der Waals surface area contributed by atoms with E-state index < -0.39 is 0 Å². The van der Waals surface area contributed by atoms with Crippen molar-refractivity contribution in [1.29, 1.82) is 0 Å². The van der Waals surface area contributed by atoms with Gasteiger partial charge in [-0.2, -0.15) is 0 Å². The van der Waals surface area contributed by atoms with Crippen molar-refractivity contribution in [1.82, 2.24) is 14.5 Å². The molecule has 3 aromatic heterocycles. The molecule has 12 radical (unpaired) electrons. The standard InChI is InChI=1S/C53H27B6N3O/c54-31-22-34-44(36(56)24-31)43(28-13-6-2-7-14-28)48-46(34)49(58)50(59)47-35-23-32(55)25-37(57)51(35)62(52(47)48)40-17-10-18-41-45(40)33-20-19-30(21-42(33)63-41)39-26-38(27-11-4-1-5-12-27)60-53(61-39)29-15-8-3-9-16-29/h1-26,43H. The summed E-state index contributed by atoms with van der Waals surface area (Å²) in [5, 5.41) is 3.34. The molecule has 1 unspecified atom stereocenters. The molecule has 3 heterocycles. The maximum atomic E-state index is 7.21. The number of nitrogens with zero attached hydrogens (tertiary/aromatic N) is 3. The van der Waals surface area contributed by atoms with Crippen LogP contribution in [0.3, 0.4) is 0 Å². The molecule has 11 aromatic rings. The van der Waals surface area contributed by atoms with Crippen LogP contribution in [0.25, 0.3) is 94.5 Å². The second-order valence-electron chi connectivity index (χ2n) is 16.3. The predicted molar refractivity (Wildman–Crippen MR) is 265 cm³/mol. The summed E-state index contributed by atoms with van der Waals surface area (Å²) in [4.78, 5) is 10.1. The van der Waals surface area contributed by atoms with Crippen molar-refractivity contribution in [2.45, 2.75) is 5.92 Å². The molecular weight excluding hydrogens is 759 g/mol. The normalized spacial score (nSPS) is 13.3. The Morgan fingerprint density at radius 2 is 1.14 bits per heavy atom. The van der Waals surface area contributed by atoms with E-state index in [9.17, 15) is 0 Å². The molecule has 0 saturated carbocycles. The number of benzene rings is 8. The van der Waals surface area contributed by atoms with E-state index in [0.717, 1.165) is 94.2 Å². The number of hydrogen-bond donors (Lipinski definition) is 0. The molecule has 0 N–H and O–H groups in total. The lowest BCUT2D eigenvalue weighted by Gasteiger charge is -2.21. The summed E-state index contributed by atoms with van der Waals surface area (Å²) in [6, 6.07) is 52.3. The highest BCUT2D eigenvalue weighted by Gasteiger charge is 2.37. The van der Waals surface area contributed by atoms with Crippen LogP contribution in [0.2, 0.25) is 0 Å². The van der Waals surface area contributed by atoms with E-state index in [1.807, 2.05) is 103 Å². The third kappa shape index (κ3) is 5.70. The van der Waals surface area contributed by atoms with E-state index in [4.69, 9.17) is 61.5 Å². The van der Waals surface area contributed by atoms with E-state index in [1.54, 1.807) is 6.07 Å². The van der Waals surface area contributed by atoms with E-state index >= 15 is 0 Å². The third-order valence-corrected chi connectivity index (χ3v) is 12.5. The van der Waals surface area contributed by atoms with Crippen LogP contribution in [0.5, 0.6) is 0 Å². The molecule has 10 heteroatoms. The molecule has 0 bridgehead atoms. The molecule has 12 rings (SSSR count). The predicted octanol–water partition coefficient (Wildman–Crippen LogP) is 6.40. The Hall–Kier alpha value is -7.17.